The topological polar surface area (TPSA) is 27.1 Å². The largest absolute Gasteiger partial charge is 0.457 e. The first-order chi connectivity index (χ1) is 16.8. The van der Waals surface area contributed by atoms with Crippen LogP contribution in [-0.2, 0) is 12.7 Å². The lowest BCUT2D eigenvalue weighted by Gasteiger charge is -2.11. The van der Waals surface area contributed by atoms with Gasteiger partial charge in [-0.1, -0.05) is 48.5 Å². The highest BCUT2D eigenvalue weighted by atomic mass is 19.4. The maximum Gasteiger partial charge on any atom is 0.418 e. The standard InChI is InChI=1S/C29H23F3N2O/c1-19-11-14-24(17-20(19)2)35-23-15-12-22(13-16-23)28-25-9-6-10-26(29(30,31)32)27(25)33-34(28)18-21-7-4-3-5-8-21/h3-17H,18H2,1-2H3. The van der Waals surface area contributed by atoms with Crippen LogP contribution in [0, 0.1) is 13.8 Å². The molecule has 0 saturated heterocycles. The quantitative estimate of drug-likeness (QED) is 0.258. The minimum Gasteiger partial charge on any atom is -0.457 e. The van der Waals surface area contributed by atoms with Crippen molar-refractivity contribution in [3.8, 4) is 22.8 Å². The van der Waals surface area contributed by atoms with E-state index in [-0.39, 0.29) is 5.52 Å². The second-order valence-electron chi connectivity index (χ2n) is 8.56. The number of halogens is 3. The van der Waals surface area contributed by atoms with Crippen molar-refractivity contribution < 1.29 is 17.9 Å². The highest BCUT2D eigenvalue weighted by molar-refractivity contribution is 5.95. The second kappa shape index (κ2) is 8.95. The first-order valence-electron chi connectivity index (χ1n) is 11.3. The number of hydrogen-bond donors (Lipinski definition) is 0. The predicted molar refractivity (Wildman–Crippen MR) is 132 cm³/mol. The van der Waals surface area contributed by atoms with Gasteiger partial charge in [0, 0.05) is 10.9 Å². The van der Waals surface area contributed by atoms with Crippen LogP contribution in [0.5, 0.6) is 11.5 Å². The van der Waals surface area contributed by atoms with Crippen LogP contribution in [-0.4, -0.2) is 9.78 Å². The van der Waals surface area contributed by atoms with E-state index in [0.717, 1.165) is 28.5 Å². The lowest BCUT2D eigenvalue weighted by atomic mass is 10.0. The summed E-state index contributed by atoms with van der Waals surface area (Å²) in [5, 5.41) is 4.88. The van der Waals surface area contributed by atoms with Crippen LogP contribution in [0.15, 0.2) is 91.0 Å². The number of alkyl halides is 3. The zero-order chi connectivity index (χ0) is 24.6. The summed E-state index contributed by atoms with van der Waals surface area (Å²) < 4.78 is 48.8. The average Bonchev–Trinajstić information content (AvgIpc) is 3.20. The van der Waals surface area contributed by atoms with Gasteiger partial charge in [-0.05, 0) is 73.0 Å². The molecule has 0 spiro atoms. The van der Waals surface area contributed by atoms with Crippen molar-refractivity contribution in [2.45, 2.75) is 26.6 Å². The van der Waals surface area contributed by atoms with E-state index in [4.69, 9.17) is 4.74 Å². The molecule has 0 aliphatic carbocycles. The van der Waals surface area contributed by atoms with Gasteiger partial charge in [-0.25, -0.2) is 0 Å². The Labute approximate surface area is 201 Å². The van der Waals surface area contributed by atoms with Crippen LogP contribution < -0.4 is 4.74 Å². The molecule has 1 aromatic heterocycles. The van der Waals surface area contributed by atoms with Crippen molar-refractivity contribution in [3.63, 3.8) is 0 Å². The lowest BCUT2D eigenvalue weighted by Crippen LogP contribution is -2.06. The van der Waals surface area contributed by atoms with E-state index >= 15 is 0 Å². The van der Waals surface area contributed by atoms with Gasteiger partial charge in [-0.3, -0.25) is 4.68 Å². The number of rotatable bonds is 5. The first-order valence-corrected chi connectivity index (χ1v) is 11.3. The summed E-state index contributed by atoms with van der Waals surface area (Å²) in [4.78, 5) is 0. The highest BCUT2D eigenvalue weighted by Crippen LogP contribution is 2.38. The molecule has 5 aromatic rings. The third-order valence-electron chi connectivity index (χ3n) is 6.09. The summed E-state index contributed by atoms with van der Waals surface area (Å²) >= 11 is 0. The van der Waals surface area contributed by atoms with Crippen LogP contribution in [0.4, 0.5) is 13.2 Å². The third kappa shape index (κ3) is 4.64. The molecule has 0 saturated carbocycles. The first kappa shape index (κ1) is 22.7. The summed E-state index contributed by atoms with van der Waals surface area (Å²) in [5.74, 6) is 1.38. The van der Waals surface area contributed by atoms with Crippen molar-refractivity contribution >= 4 is 10.9 Å². The van der Waals surface area contributed by atoms with Gasteiger partial charge >= 0.3 is 6.18 Å². The SMILES string of the molecule is Cc1ccc(Oc2ccc(-c3c4cccc(C(F)(F)F)c4nn3Cc3ccccc3)cc2)cc1C. The van der Waals surface area contributed by atoms with Gasteiger partial charge in [-0.2, -0.15) is 18.3 Å². The Hall–Kier alpha value is -4.06. The molecule has 0 bridgehead atoms. The fourth-order valence-electron chi connectivity index (χ4n) is 4.15. The fraction of sp³-hybridized carbons (Fsp3) is 0.138. The Bertz CT molecular complexity index is 1490. The van der Waals surface area contributed by atoms with E-state index in [0.29, 0.717) is 23.4 Å². The van der Waals surface area contributed by atoms with Crippen molar-refractivity contribution in [2.75, 3.05) is 0 Å². The molecule has 3 nitrogen and oxygen atoms in total. The van der Waals surface area contributed by atoms with Crippen LogP contribution in [0.25, 0.3) is 22.2 Å². The summed E-state index contributed by atoms with van der Waals surface area (Å²) in [7, 11) is 0. The molecular weight excluding hydrogens is 449 g/mol. The molecule has 5 rings (SSSR count). The minimum atomic E-state index is -4.49. The molecule has 0 amide bonds. The van der Waals surface area contributed by atoms with Crippen LogP contribution >= 0.6 is 0 Å². The fourth-order valence-corrected chi connectivity index (χ4v) is 4.15. The van der Waals surface area contributed by atoms with Gasteiger partial charge in [-0.15, -0.1) is 0 Å². The molecule has 176 valence electrons. The molecule has 0 radical (unpaired) electrons. The van der Waals surface area contributed by atoms with Crippen molar-refractivity contribution in [1.82, 2.24) is 9.78 Å². The summed E-state index contributed by atoms with van der Waals surface area (Å²) in [6.07, 6.45) is -4.49. The second-order valence-corrected chi connectivity index (χ2v) is 8.56. The molecule has 6 heteroatoms. The summed E-state index contributed by atoms with van der Waals surface area (Å²) in [5.41, 5.74) is 3.87. The van der Waals surface area contributed by atoms with Gasteiger partial charge < -0.3 is 4.74 Å². The molecule has 0 atom stereocenters. The van der Waals surface area contributed by atoms with E-state index in [9.17, 15) is 13.2 Å². The van der Waals surface area contributed by atoms with E-state index in [1.54, 1.807) is 10.7 Å². The maximum absolute atomic E-state index is 13.7. The molecule has 0 aliphatic rings. The normalized spacial score (nSPS) is 11.7. The van der Waals surface area contributed by atoms with Crippen molar-refractivity contribution in [3.05, 3.63) is 113 Å². The minimum absolute atomic E-state index is 0.0543. The Kier molecular flexibility index (Phi) is 5.81. The third-order valence-corrected chi connectivity index (χ3v) is 6.09. The van der Waals surface area contributed by atoms with Gasteiger partial charge in [0.2, 0.25) is 0 Å². The Morgan fingerprint density at radius 3 is 2.17 bits per heavy atom. The maximum atomic E-state index is 13.7. The van der Waals surface area contributed by atoms with Gasteiger partial charge in [0.1, 0.15) is 17.0 Å². The molecule has 4 aromatic carbocycles. The smallest absolute Gasteiger partial charge is 0.418 e. The molecular formula is C29H23F3N2O. The Morgan fingerprint density at radius 1 is 0.771 bits per heavy atom. The molecule has 35 heavy (non-hydrogen) atoms. The van der Waals surface area contributed by atoms with Crippen molar-refractivity contribution in [1.29, 1.82) is 0 Å². The van der Waals surface area contributed by atoms with E-state index in [1.807, 2.05) is 86.6 Å². The predicted octanol–water partition coefficient (Wildman–Crippen LogP) is 8.18. The monoisotopic (exact) mass is 472 g/mol. The number of hydrogen-bond acceptors (Lipinski definition) is 2. The molecule has 0 unspecified atom stereocenters. The highest BCUT2D eigenvalue weighted by Gasteiger charge is 2.34. The van der Waals surface area contributed by atoms with Gasteiger partial charge in [0.25, 0.3) is 0 Å². The molecule has 1 heterocycles. The molecule has 0 fully saturated rings. The van der Waals surface area contributed by atoms with E-state index < -0.39 is 11.7 Å². The van der Waals surface area contributed by atoms with E-state index in [2.05, 4.69) is 5.10 Å². The number of benzene rings is 4. The molecule has 0 aliphatic heterocycles. The number of fused-ring (bicyclic) bond motifs is 1. The van der Waals surface area contributed by atoms with Crippen LogP contribution in [0.1, 0.15) is 22.3 Å². The average molecular weight is 473 g/mol. The van der Waals surface area contributed by atoms with Gasteiger partial charge in [0.05, 0.1) is 17.8 Å². The zero-order valence-corrected chi connectivity index (χ0v) is 19.3. The number of nitrogens with zero attached hydrogens (tertiary/aromatic N) is 2. The van der Waals surface area contributed by atoms with E-state index in [1.165, 1.54) is 11.6 Å². The molecule has 0 N–H and O–H groups in total. The Morgan fingerprint density at radius 2 is 1.49 bits per heavy atom. The Balaban J connectivity index is 1.57. The summed E-state index contributed by atoms with van der Waals surface area (Å²) in [6, 6.07) is 27.0. The van der Waals surface area contributed by atoms with Crippen LogP contribution in [0.3, 0.4) is 0 Å². The van der Waals surface area contributed by atoms with Gasteiger partial charge in [0.15, 0.2) is 0 Å². The lowest BCUT2D eigenvalue weighted by molar-refractivity contribution is -0.136. The van der Waals surface area contributed by atoms with Crippen LogP contribution in [0.2, 0.25) is 0 Å². The zero-order valence-electron chi connectivity index (χ0n) is 19.3. The van der Waals surface area contributed by atoms with Crippen molar-refractivity contribution in [2.24, 2.45) is 0 Å². The number of ether oxygens (including phenoxy) is 1. The summed E-state index contributed by atoms with van der Waals surface area (Å²) in [6.45, 7) is 4.42. The number of aromatic nitrogens is 2. The number of aryl methyl sites for hydroxylation is 2.